The molecule has 2 N–H and O–H groups in total. The van der Waals surface area contributed by atoms with Crippen molar-refractivity contribution in [2.75, 3.05) is 41.0 Å². The largest absolute Gasteiger partial charge is 0.496 e. The molecular formula is C13H21NO4. The average Bonchev–Trinajstić information content (AvgIpc) is 2.42. The van der Waals surface area contributed by atoms with Crippen LogP contribution in [0.3, 0.4) is 0 Å². The minimum absolute atomic E-state index is 0.142. The van der Waals surface area contributed by atoms with Gasteiger partial charge < -0.3 is 24.6 Å². The molecule has 0 heterocycles. The Kier molecular flexibility index (Phi) is 6.32. The molecule has 0 aliphatic heterocycles. The predicted octanol–water partition coefficient (Wildman–Crippen LogP) is 0.837. The summed E-state index contributed by atoms with van der Waals surface area (Å²) in [6.07, 6.45) is 0.795. The fourth-order valence-electron chi connectivity index (χ4n) is 1.71. The quantitative estimate of drug-likeness (QED) is 0.674. The number of nitrogens with one attached hydrogen (secondary N) is 1. The predicted molar refractivity (Wildman–Crippen MR) is 69.8 cm³/mol. The van der Waals surface area contributed by atoms with Crippen molar-refractivity contribution in [3.05, 3.63) is 17.7 Å². The molecule has 0 aromatic heterocycles. The first-order chi connectivity index (χ1) is 8.76. The van der Waals surface area contributed by atoms with Crippen molar-refractivity contribution in [3.8, 4) is 17.2 Å². The Labute approximate surface area is 108 Å². The van der Waals surface area contributed by atoms with Crippen LogP contribution >= 0.6 is 0 Å². The van der Waals surface area contributed by atoms with Gasteiger partial charge in [0.05, 0.1) is 27.9 Å². The first kappa shape index (κ1) is 14.6. The lowest BCUT2D eigenvalue weighted by molar-refractivity contribution is 0.292. The first-order valence-electron chi connectivity index (χ1n) is 5.87. The molecule has 0 unspecified atom stereocenters. The molecule has 1 rings (SSSR count). The van der Waals surface area contributed by atoms with Gasteiger partial charge in [-0.25, -0.2) is 0 Å². The Morgan fingerprint density at radius 1 is 0.944 bits per heavy atom. The van der Waals surface area contributed by atoms with Crippen molar-refractivity contribution in [1.29, 1.82) is 0 Å². The summed E-state index contributed by atoms with van der Waals surface area (Å²) < 4.78 is 15.8. The zero-order valence-electron chi connectivity index (χ0n) is 11.2. The second-order valence-electron chi connectivity index (χ2n) is 3.74. The van der Waals surface area contributed by atoms with E-state index in [9.17, 15) is 0 Å². The van der Waals surface area contributed by atoms with E-state index in [1.165, 1.54) is 0 Å². The molecule has 0 atom stereocenters. The SMILES string of the molecule is COc1cc(OC)c(OC)cc1CCNCCO. The Balaban J connectivity index is 2.81. The van der Waals surface area contributed by atoms with Crippen LogP contribution in [0.5, 0.6) is 17.2 Å². The van der Waals surface area contributed by atoms with Gasteiger partial charge in [-0.15, -0.1) is 0 Å². The average molecular weight is 255 g/mol. The van der Waals surface area contributed by atoms with E-state index in [1.54, 1.807) is 21.3 Å². The van der Waals surface area contributed by atoms with E-state index in [4.69, 9.17) is 19.3 Å². The van der Waals surface area contributed by atoms with Gasteiger partial charge in [-0.2, -0.15) is 0 Å². The van der Waals surface area contributed by atoms with Crippen molar-refractivity contribution in [2.24, 2.45) is 0 Å². The minimum Gasteiger partial charge on any atom is -0.496 e. The maximum atomic E-state index is 8.69. The van der Waals surface area contributed by atoms with Crippen LogP contribution in [0.15, 0.2) is 12.1 Å². The highest BCUT2D eigenvalue weighted by molar-refractivity contribution is 5.50. The summed E-state index contributed by atoms with van der Waals surface area (Å²) in [6.45, 7) is 1.51. The van der Waals surface area contributed by atoms with Crippen LogP contribution in [-0.4, -0.2) is 46.1 Å². The third-order valence-electron chi connectivity index (χ3n) is 2.65. The molecule has 102 valence electrons. The summed E-state index contributed by atoms with van der Waals surface area (Å²) in [7, 11) is 4.84. The Morgan fingerprint density at radius 3 is 2.11 bits per heavy atom. The van der Waals surface area contributed by atoms with Gasteiger partial charge in [0.2, 0.25) is 0 Å². The zero-order valence-corrected chi connectivity index (χ0v) is 11.2. The first-order valence-corrected chi connectivity index (χ1v) is 5.87. The monoisotopic (exact) mass is 255 g/mol. The van der Waals surface area contributed by atoms with Crippen LogP contribution in [-0.2, 0) is 6.42 Å². The van der Waals surface area contributed by atoms with E-state index in [2.05, 4.69) is 5.32 Å². The molecule has 0 aliphatic rings. The van der Waals surface area contributed by atoms with Gasteiger partial charge in [0, 0.05) is 12.6 Å². The molecule has 0 fully saturated rings. The standard InChI is InChI=1S/C13H21NO4/c1-16-11-9-13(18-3)12(17-2)8-10(11)4-5-14-6-7-15/h8-9,14-15H,4-7H2,1-3H3. The van der Waals surface area contributed by atoms with E-state index >= 15 is 0 Å². The van der Waals surface area contributed by atoms with E-state index in [-0.39, 0.29) is 6.61 Å². The summed E-state index contributed by atoms with van der Waals surface area (Å²) in [6, 6.07) is 3.73. The third-order valence-corrected chi connectivity index (χ3v) is 2.65. The topological polar surface area (TPSA) is 60.0 Å². The number of ether oxygens (including phenoxy) is 3. The maximum Gasteiger partial charge on any atom is 0.164 e. The molecule has 5 heteroatoms. The molecular weight excluding hydrogens is 234 g/mol. The smallest absolute Gasteiger partial charge is 0.164 e. The Morgan fingerprint density at radius 2 is 1.56 bits per heavy atom. The van der Waals surface area contributed by atoms with Crippen molar-refractivity contribution < 1.29 is 19.3 Å². The number of methoxy groups -OCH3 is 3. The molecule has 18 heavy (non-hydrogen) atoms. The summed E-state index contributed by atoms with van der Waals surface area (Å²) in [5.74, 6) is 2.12. The highest BCUT2D eigenvalue weighted by atomic mass is 16.5. The van der Waals surface area contributed by atoms with Crippen LogP contribution in [0.25, 0.3) is 0 Å². The van der Waals surface area contributed by atoms with E-state index in [0.29, 0.717) is 18.0 Å². The lowest BCUT2D eigenvalue weighted by atomic mass is 10.1. The number of benzene rings is 1. The van der Waals surface area contributed by atoms with Gasteiger partial charge in [0.15, 0.2) is 11.5 Å². The van der Waals surface area contributed by atoms with Crippen LogP contribution in [0.2, 0.25) is 0 Å². The highest BCUT2D eigenvalue weighted by Crippen LogP contribution is 2.34. The lowest BCUT2D eigenvalue weighted by Crippen LogP contribution is -2.21. The van der Waals surface area contributed by atoms with Crippen LogP contribution in [0.4, 0.5) is 0 Å². The number of rotatable bonds is 8. The van der Waals surface area contributed by atoms with Gasteiger partial charge in [-0.3, -0.25) is 0 Å². The summed E-state index contributed by atoms with van der Waals surface area (Å²) in [5, 5.41) is 11.8. The molecule has 1 aromatic carbocycles. The van der Waals surface area contributed by atoms with Crippen LogP contribution in [0, 0.1) is 0 Å². The maximum absolute atomic E-state index is 8.69. The Hall–Kier alpha value is -1.46. The van der Waals surface area contributed by atoms with E-state index < -0.39 is 0 Å². The normalized spacial score (nSPS) is 10.2. The molecule has 1 aromatic rings. The molecule has 0 saturated carbocycles. The van der Waals surface area contributed by atoms with Gasteiger partial charge in [-0.05, 0) is 24.6 Å². The number of aliphatic hydroxyl groups is 1. The molecule has 0 radical (unpaired) electrons. The summed E-state index contributed by atoms with van der Waals surface area (Å²) in [4.78, 5) is 0. The summed E-state index contributed by atoms with van der Waals surface area (Å²) >= 11 is 0. The number of hydrogen-bond donors (Lipinski definition) is 2. The third kappa shape index (κ3) is 3.78. The molecule has 0 bridgehead atoms. The van der Waals surface area contributed by atoms with Crippen molar-refractivity contribution >= 4 is 0 Å². The molecule has 0 aliphatic carbocycles. The molecule has 0 spiro atoms. The van der Waals surface area contributed by atoms with Crippen LogP contribution < -0.4 is 19.5 Å². The fraction of sp³-hybridized carbons (Fsp3) is 0.538. The number of aliphatic hydroxyl groups excluding tert-OH is 1. The lowest BCUT2D eigenvalue weighted by Gasteiger charge is -2.14. The zero-order chi connectivity index (χ0) is 13.4. The number of hydrogen-bond acceptors (Lipinski definition) is 5. The van der Waals surface area contributed by atoms with Crippen molar-refractivity contribution in [2.45, 2.75) is 6.42 Å². The Bertz CT molecular complexity index is 368. The highest BCUT2D eigenvalue weighted by Gasteiger charge is 2.11. The fourth-order valence-corrected chi connectivity index (χ4v) is 1.71. The second-order valence-corrected chi connectivity index (χ2v) is 3.74. The van der Waals surface area contributed by atoms with E-state index in [1.807, 2.05) is 12.1 Å². The summed E-state index contributed by atoms with van der Waals surface area (Å²) in [5.41, 5.74) is 1.04. The van der Waals surface area contributed by atoms with Gasteiger partial charge in [-0.1, -0.05) is 0 Å². The van der Waals surface area contributed by atoms with Crippen molar-refractivity contribution in [1.82, 2.24) is 5.32 Å². The molecule has 5 nitrogen and oxygen atoms in total. The van der Waals surface area contributed by atoms with Gasteiger partial charge >= 0.3 is 0 Å². The van der Waals surface area contributed by atoms with Crippen molar-refractivity contribution in [3.63, 3.8) is 0 Å². The van der Waals surface area contributed by atoms with E-state index in [0.717, 1.165) is 24.3 Å². The van der Waals surface area contributed by atoms with Gasteiger partial charge in [0.1, 0.15) is 5.75 Å². The second kappa shape index (κ2) is 7.79. The minimum atomic E-state index is 0.142. The van der Waals surface area contributed by atoms with Gasteiger partial charge in [0.25, 0.3) is 0 Å². The van der Waals surface area contributed by atoms with Crippen LogP contribution in [0.1, 0.15) is 5.56 Å². The molecule has 0 amide bonds. The molecule has 0 saturated heterocycles.